The van der Waals surface area contributed by atoms with Crippen LogP contribution in [-0.4, -0.2) is 18.2 Å². The second kappa shape index (κ2) is 6.94. The molecule has 3 nitrogen and oxygen atoms in total. The van der Waals surface area contributed by atoms with Gasteiger partial charge in [-0.25, -0.2) is 4.79 Å². The van der Waals surface area contributed by atoms with Gasteiger partial charge < -0.3 is 9.84 Å². The zero-order valence-corrected chi connectivity index (χ0v) is 13.0. The number of methoxy groups -OCH3 is 1. The normalized spacial score (nSPS) is 11.5. The van der Waals surface area contributed by atoms with Gasteiger partial charge in [0.2, 0.25) is 0 Å². The van der Waals surface area contributed by atoms with Gasteiger partial charge in [-0.2, -0.15) is 0 Å². The van der Waals surface area contributed by atoms with E-state index in [4.69, 9.17) is 4.74 Å². The highest BCUT2D eigenvalue weighted by molar-refractivity contribution is 6.21. The third-order valence-electron chi connectivity index (χ3n) is 3.54. The first-order valence-electron chi connectivity index (χ1n) is 7.21. The number of carboxylic acids is 1. The molecule has 0 radical (unpaired) electrons. The Balaban J connectivity index is 2.45. The Kier molecular flexibility index (Phi) is 4.99. The third-order valence-corrected chi connectivity index (χ3v) is 3.54. The van der Waals surface area contributed by atoms with Crippen LogP contribution in [0.4, 0.5) is 0 Å². The molecule has 0 aliphatic rings. The van der Waals surface area contributed by atoms with Crippen LogP contribution in [0.25, 0.3) is 11.6 Å². The van der Waals surface area contributed by atoms with Crippen molar-refractivity contribution >= 4 is 17.6 Å². The maximum Gasteiger partial charge on any atom is 0.336 e. The largest absolute Gasteiger partial charge is 0.496 e. The Labute approximate surface area is 130 Å². The summed E-state index contributed by atoms with van der Waals surface area (Å²) in [6.07, 6.45) is 1.67. The number of rotatable bonds is 5. The van der Waals surface area contributed by atoms with Crippen molar-refractivity contribution in [2.45, 2.75) is 19.8 Å². The van der Waals surface area contributed by atoms with E-state index in [1.807, 2.05) is 30.3 Å². The fourth-order valence-electron chi connectivity index (χ4n) is 2.27. The second-order valence-corrected chi connectivity index (χ2v) is 5.38. The zero-order chi connectivity index (χ0) is 16.1. The fourth-order valence-corrected chi connectivity index (χ4v) is 2.27. The minimum Gasteiger partial charge on any atom is -0.496 e. The molecule has 0 aromatic heterocycles. The molecule has 22 heavy (non-hydrogen) atoms. The molecule has 0 fully saturated rings. The van der Waals surface area contributed by atoms with Gasteiger partial charge in [0, 0.05) is 5.56 Å². The SMILES string of the molecule is COc1ccccc1/C(=C\c1ccc(C(C)C)cc1)C(=O)O. The molecular weight excluding hydrogens is 276 g/mol. The number of ether oxygens (including phenoxy) is 1. The lowest BCUT2D eigenvalue weighted by Gasteiger charge is -2.09. The maximum atomic E-state index is 11.6. The summed E-state index contributed by atoms with van der Waals surface area (Å²) in [5, 5.41) is 9.53. The first kappa shape index (κ1) is 15.8. The third kappa shape index (κ3) is 3.55. The van der Waals surface area contributed by atoms with Crippen molar-refractivity contribution in [3.63, 3.8) is 0 Å². The highest BCUT2D eigenvalue weighted by Gasteiger charge is 2.14. The Morgan fingerprint density at radius 2 is 1.73 bits per heavy atom. The van der Waals surface area contributed by atoms with E-state index in [9.17, 15) is 9.90 Å². The molecule has 0 spiro atoms. The predicted octanol–water partition coefficient (Wildman–Crippen LogP) is 4.44. The zero-order valence-electron chi connectivity index (χ0n) is 13.0. The maximum absolute atomic E-state index is 11.6. The van der Waals surface area contributed by atoms with E-state index in [-0.39, 0.29) is 5.57 Å². The highest BCUT2D eigenvalue weighted by atomic mass is 16.5. The molecule has 2 rings (SSSR count). The monoisotopic (exact) mass is 296 g/mol. The standard InChI is InChI=1S/C19H20O3/c1-13(2)15-10-8-14(9-11-15)12-17(19(20)21)16-6-4-5-7-18(16)22-3/h4-13H,1-3H3,(H,20,21)/b17-12+. The van der Waals surface area contributed by atoms with Crippen molar-refractivity contribution in [2.24, 2.45) is 0 Å². The molecule has 0 bridgehead atoms. The summed E-state index contributed by atoms with van der Waals surface area (Å²) in [6.45, 7) is 4.25. The molecule has 2 aromatic rings. The van der Waals surface area contributed by atoms with E-state index in [0.717, 1.165) is 5.56 Å². The minimum absolute atomic E-state index is 0.217. The molecule has 0 atom stereocenters. The molecule has 0 saturated carbocycles. The van der Waals surface area contributed by atoms with E-state index >= 15 is 0 Å². The summed E-state index contributed by atoms with van der Waals surface area (Å²) in [4.78, 5) is 11.6. The van der Waals surface area contributed by atoms with Crippen molar-refractivity contribution < 1.29 is 14.6 Å². The van der Waals surface area contributed by atoms with E-state index in [2.05, 4.69) is 13.8 Å². The molecule has 3 heteroatoms. The molecule has 1 N–H and O–H groups in total. The molecule has 0 unspecified atom stereocenters. The lowest BCUT2D eigenvalue weighted by molar-refractivity contribution is -0.130. The fraction of sp³-hybridized carbons (Fsp3) is 0.211. The number of carbonyl (C=O) groups is 1. The van der Waals surface area contributed by atoms with Crippen LogP contribution in [0.15, 0.2) is 48.5 Å². The van der Waals surface area contributed by atoms with Gasteiger partial charge in [-0.15, -0.1) is 0 Å². The molecular formula is C19H20O3. The number of benzene rings is 2. The molecule has 0 saturated heterocycles. The molecule has 0 amide bonds. The molecule has 114 valence electrons. The molecule has 0 aliphatic carbocycles. The Morgan fingerprint density at radius 3 is 2.27 bits per heavy atom. The first-order chi connectivity index (χ1) is 10.5. The molecule has 0 heterocycles. The number of hydrogen-bond donors (Lipinski definition) is 1. The van der Waals surface area contributed by atoms with Gasteiger partial charge in [0.15, 0.2) is 0 Å². The quantitative estimate of drug-likeness (QED) is 0.655. The van der Waals surface area contributed by atoms with Gasteiger partial charge in [-0.3, -0.25) is 0 Å². The summed E-state index contributed by atoms with van der Waals surface area (Å²) < 4.78 is 5.26. The lowest BCUT2D eigenvalue weighted by Crippen LogP contribution is -2.01. The van der Waals surface area contributed by atoms with Gasteiger partial charge in [-0.05, 0) is 29.2 Å². The van der Waals surface area contributed by atoms with Gasteiger partial charge in [0.05, 0.1) is 12.7 Å². The molecule has 0 aliphatic heterocycles. The smallest absolute Gasteiger partial charge is 0.336 e. The van der Waals surface area contributed by atoms with Crippen LogP contribution >= 0.6 is 0 Å². The number of aliphatic carboxylic acids is 1. The topological polar surface area (TPSA) is 46.5 Å². The van der Waals surface area contributed by atoms with Crippen molar-refractivity contribution in [1.82, 2.24) is 0 Å². The average molecular weight is 296 g/mol. The van der Waals surface area contributed by atoms with Crippen LogP contribution in [0, 0.1) is 0 Å². The molecule has 2 aromatic carbocycles. The van der Waals surface area contributed by atoms with E-state index < -0.39 is 5.97 Å². The summed E-state index contributed by atoms with van der Waals surface area (Å²) >= 11 is 0. The average Bonchev–Trinajstić information content (AvgIpc) is 2.52. The van der Waals surface area contributed by atoms with E-state index in [1.165, 1.54) is 12.7 Å². The minimum atomic E-state index is -0.975. The van der Waals surface area contributed by atoms with Crippen LogP contribution in [0.5, 0.6) is 5.75 Å². The van der Waals surface area contributed by atoms with Gasteiger partial charge >= 0.3 is 5.97 Å². The Hall–Kier alpha value is -2.55. The summed E-state index contributed by atoms with van der Waals surface area (Å²) in [6, 6.07) is 15.1. The van der Waals surface area contributed by atoms with Gasteiger partial charge in [-0.1, -0.05) is 56.3 Å². The number of para-hydroxylation sites is 1. The lowest BCUT2D eigenvalue weighted by atomic mass is 9.99. The van der Waals surface area contributed by atoms with Gasteiger partial charge in [0.1, 0.15) is 5.75 Å². The van der Waals surface area contributed by atoms with E-state index in [1.54, 1.807) is 24.3 Å². The highest BCUT2D eigenvalue weighted by Crippen LogP contribution is 2.28. The second-order valence-electron chi connectivity index (χ2n) is 5.38. The first-order valence-corrected chi connectivity index (χ1v) is 7.21. The van der Waals surface area contributed by atoms with Crippen LogP contribution in [0.3, 0.4) is 0 Å². The van der Waals surface area contributed by atoms with Crippen LogP contribution in [0.1, 0.15) is 36.5 Å². The number of hydrogen-bond acceptors (Lipinski definition) is 2. The van der Waals surface area contributed by atoms with Crippen LogP contribution in [-0.2, 0) is 4.79 Å². The van der Waals surface area contributed by atoms with Crippen LogP contribution < -0.4 is 4.74 Å². The summed E-state index contributed by atoms with van der Waals surface area (Å²) in [5.41, 5.74) is 2.87. The van der Waals surface area contributed by atoms with E-state index in [0.29, 0.717) is 17.2 Å². The predicted molar refractivity (Wildman–Crippen MR) is 89.0 cm³/mol. The summed E-state index contributed by atoms with van der Waals surface area (Å²) in [7, 11) is 1.54. The van der Waals surface area contributed by atoms with Crippen molar-refractivity contribution in [3.05, 3.63) is 65.2 Å². The van der Waals surface area contributed by atoms with Crippen molar-refractivity contribution in [3.8, 4) is 5.75 Å². The Bertz CT molecular complexity index is 682. The van der Waals surface area contributed by atoms with Gasteiger partial charge in [0.25, 0.3) is 0 Å². The number of carboxylic acid groups (broad SMARTS) is 1. The van der Waals surface area contributed by atoms with Crippen LogP contribution in [0.2, 0.25) is 0 Å². The van der Waals surface area contributed by atoms with Crippen molar-refractivity contribution in [2.75, 3.05) is 7.11 Å². The Morgan fingerprint density at radius 1 is 1.09 bits per heavy atom. The van der Waals surface area contributed by atoms with Crippen molar-refractivity contribution in [1.29, 1.82) is 0 Å². The summed E-state index contributed by atoms with van der Waals surface area (Å²) in [5.74, 6) is 0.0265.